The summed E-state index contributed by atoms with van der Waals surface area (Å²) in [6.45, 7) is 1.72. The Balaban J connectivity index is 1.68. The van der Waals surface area contributed by atoms with Crippen LogP contribution in [0.1, 0.15) is 42.2 Å². The zero-order valence-corrected chi connectivity index (χ0v) is 19.2. The number of furan rings is 1. The Kier molecular flexibility index (Phi) is 6.51. The van der Waals surface area contributed by atoms with Gasteiger partial charge in [-0.3, -0.25) is 14.3 Å². The molecule has 10 heteroatoms. The van der Waals surface area contributed by atoms with Crippen LogP contribution in [0, 0.1) is 6.92 Å². The highest BCUT2D eigenvalue weighted by atomic mass is 32.2. The van der Waals surface area contributed by atoms with Crippen molar-refractivity contribution in [1.82, 2.24) is 5.01 Å². The number of hydrogen-bond acceptors (Lipinski definition) is 6. The maximum Gasteiger partial charge on any atom is 0.303 e. The van der Waals surface area contributed by atoms with E-state index in [1.165, 1.54) is 17.3 Å². The Hall–Kier alpha value is -3.92. The predicted molar refractivity (Wildman–Crippen MR) is 125 cm³/mol. The number of carbonyl (C=O) groups excluding carboxylic acids is 1. The molecule has 1 atom stereocenters. The zero-order valence-electron chi connectivity index (χ0n) is 18.3. The van der Waals surface area contributed by atoms with Gasteiger partial charge in [0.2, 0.25) is 5.91 Å². The van der Waals surface area contributed by atoms with E-state index in [1.54, 1.807) is 61.5 Å². The van der Waals surface area contributed by atoms with Gasteiger partial charge in [0, 0.05) is 18.4 Å². The molecule has 1 aliphatic heterocycles. The van der Waals surface area contributed by atoms with Crippen LogP contribution in [0.3, 0.4) is 0 Å². The Morgan fingerprint density at radius 1 is 1.09 bits per heavy atom. The van der Waals surface area contributed by atoms with Crippen molar-refractivity contribution >= 4 is 33.3 Å². The van der Waals surface area contributed by atoms with Crippen molar-refractivity contribution in [1.29, 1.82) is 0 Å². The highest BCUT2D eigenvalue weighted by Crippen LogP contribution is 2.35. The Morgan fingerprint density at radius 2 is 1.82 bits per heavy atom. The van der Waals surface area contributed by atoms with E-state index in [4.69, 9.17) is 9.52 Å². The van der Waals surface area contributed by atoms with Crippen molar-refractivity contribution in [2.24, 2.45) is 5.10 Å². The molecule has 176 valence electrons. The third-order valence-corrected chi connectivity index (χ3v) is 6.98. The third kappa shape index (κ3) is 4.86. The number of nitrogens with zero attached hydrogens (tertiary/aromatic N) is 2. The van der Waals surface area contributed by atoms with Gasteiger partial charge in [0.05, 0.1) is 29.0 Å². The number of anilines is 1. The Bertz CT molecular complexity index is 1350. The molecular formula is C24H23N3O6S. The fraction of sp³-hybridized carbons (Fsp3) is 0.208. The normalized spacial score (nSPS) is 15.7. The molecule has 34 heavy (non-hydrogen) atoms. The minimum atomic E-state index is -3.87. The van der Waals surface area contributed by atoms with E-state index in [0.717, 1.165) is 0 Å². The number of carboxylic acids is 1. The van der Waals surface area contributed by atoms with Gasteiger partial charge in [-0.1, -0.05) is 36.4 Å². The number of aliphatic carboxylic acids is 1. The van der Waals surface area contributed by atoms with Crippen molar-refractivity contribution < 1.29 is 27.5 Å². The van der Waals surface area contributed by atoms with E-state index in [-0.39, 0.29) is 24.2 Å². The van der Waals surface area contributed by atoms with Crippen LogP contribution < -0.4 is 4.72 Å². The molecule has 0 saturated carbocycles. The summed E-state index contributed by atoms with van der Waals surface area (Å²) >= 11 is 0. The van der Waals surface area contributed by atoms with Crippen molar-refractivity contribution in [3.8, 4) is 0 Å². The van der Waals surface area contributed by atoms with Gasteiger partial charge in [-0.05, 0) is 36.8 Å². The molecule has 0 fully saturated rings. The van der Waals surface area contributed by atoms with E-state index in [9.17, 15) is 18.0 Å². The van der Waals surface area contributed by atoms with Crippen LogP contribution in [-0.4, -0.2) is 36.1 Å². The molecule has 1 amide bonds. The number of nitrogens with one attached hydrogen (secondary N) is 1. The summed E-state index contributed by atoms with van der Waals surface area (Å²) in [5.41, 5.74) is 1.93. The van der Waals surface area contributed by atoms with Crippen LogP contribution in [0.15, 0.2) is 81.3 Å². The molecule has 0 aliphatic carbocycles. The smallest absolute Gasteiger partial charge is 0.303 e. The fourth-order valence-corrected chi connectivity index (χ4v) is 5.14. The zero-order chi connectivity index (χ0) is 24.3. The van der Waals surface area contributed by atoms with Crippen LogP contribution in [0.2, 0.25) is 0 Å². The number of para-hydroxylation sites is 1. The molecule has 0 spiro atoms. The van der Waals surface area contributed by atoms with Crippen LogP contribution in [-0.2, 0) is 19.6 Å². The maximum absolute atomic E-state index is 13.1. The molecule has 4 rings (SSSR count). The number of hydrogen-bond donors (Lipinski definition) is 2. The molecule has 0 radical (unpaired) electrons. The Labute approximate surface area is 196 Å². The minimum Gasteiger partial charge on any atom is -0.481 e. The maximum atomic E-state index is 13.1. The largest absolute Gasteiger partial charge is 0.481 e. The summed E-state index contributed by atoms with van der Waals surface area (Å²) in [6.07, 6.45) is 1.22. The molecule has 2 aromatic carbocycles. The number of rotatable bonds is 8. The first-order valence-corrected chi connectivity index (χ1v) is 12.1. The minimum absolute atomic E-state index is 0.164. The number of hydrazone groups is 1. The second-order valence-electron chi connectivity index (χ2n) is 7.83. The fourth-order valence-electron chi connectivity index (χ4n) is 3.82. The molecule has 3 aromatic rings. The number of carbonyl (C=O) groups is 2. The van der Waals surface area contributed by atoms with Crippen molar-refractivity contribution in [2.75, 3.05) is 4.72 Å². The van der Waals surface area contributed by atoms with Gasteiger partial charge in [-0.15, -0.1) is 0 Å². The van der Waals surface area contributed by atoms with Crippen LogP contribution in [0.25, 0.3) is 0 Å². The van der Waals surface area contributed by atoms with E-state index in [2.05, 4.69) is 9.82 Å². The standard InChI is InChI=1S/C24H23N3O6S/c1-16-7-2-5-11-22(16)34(31,32)26-18-9-4-3-8-17(18)19-15-20(21-10-6-14-33-21)27(25-19)23(28)12-13-24(29)30/h2-11,14,20,26H,12-13,15H2,1H3,(H,29,30). The lowest BCUT2D eigenvalue weighted by Crippen LogP contribution is -2.27. The van der Waals surface area contributed by atoms with E-state index < -0.39 is 27.9 Å². The number of amides is 1. The first-order valence-electron chi connectivity index (χ1n) is 10.6. The van der Waals surface area contributed by atoms with Crippen LogP contribution >= 0.6 is 0 Å². The second kappa shape index (κ2) is 9.52. The monoisotopic (exact) mass is 481 g/mol. The molecule has 2 N–H and O–H groups in total. The lowest BCUT2D eigenvalue weighted by Gasteiger charge is -2.19. The summed E-state index contributed by atoms with van der Waals surface area (Å²) in [6, 6.07) is 16.3. The van der Waals surface area contributed by atoms with Gasteiger partial charge < -0.3 is 9.52 Å². The summed E-state index contributed by atoms with van der Waals surface area (Å²) in [7, 11) is -3.87. The second-order valence-corrected chi connectivity index (χ2v) is 9.48. The molecule has 0 saturated heterocycles. The highest BCUT2D eigenvalue weighted by molar-refractivity contribution is 7.92. The lowest BCUT2D eigenvalue weighted by atomic mass is 10.0. The Morgan fingerprint density at radius 3 is 2.53 bits per heavy atom. The summed E-state index contributed by atoms with van der Waals surface area (Å²) < 4.78 is 34.3. The highest BCUT2D eigenvalue weighted by Gasteiger charge is 2.35. The third-order valence-electron chi connectivity index (χ3n) is 5.46. The predicted octanol–water partition coefficient (Wildman–Crippen LogP) is 3.93. The van der Waals surface area contributed by atoms with Crippen molar-refractivity contribution in [2.45, 2.75) is 37.1 Å². The number of benzene rings is 2. The lowest BCUT2D eigenvalue weighted by molar-refractivity contribution is -0.141. The van der Waals surface area contributed by atoms with Crippen LogP contribution in [0.4, 0.5) is 5.69 Å². The topological polar surface area (TPSA) is 129 Å². The molecule has 1 aromatic heterocycles. The number of aryl methyl sites for hydroxylation is 1. The van der Waals surface area contributed by atoms with Crippen LogP contribution in [0.5, 0.6) is 0 Å². The number of sulfonamides is 1. The summed E-state index contributed by atoms with van der Waals surface area (Å²) in [5.74, 6) is -1.04. The molecule has 0 bridgehead atoms. The van der Waals surface area contributed by atoms with E-state index in [0.29, 0.717) is 28.3 Å². The molecular weight excluding hydrogens is 458 g/mol. The summed E-state index contributed by atoms with van der Waals surface area (Å²) in [5, 5.41) is 14.6. The van der Waals surface area contributed by atoms with E-state index >= 15 is 0 Å². The first kappa shape index (κ1) is 23.2. The van der Waals surface area contributed by atoms with Gasteiger partial charge in [-0.2, -0.15) is 5.10 Å². The average Bonchev–Trinajstić information content (AvgIpc) is 3.48. The SMILES string of the molecule is Cc1ccccc1S(=O)(=O)Nc1ccccc1C1=NN(C(=O)CCC(=O)O)C(c2ccco2)C1. The summed E-state index contributed by atoms with van der Waals surface area (Å²) in [4.78, 5) is 23.9. The number of carboxylic acid groups (broad SMARTS) is 1. The van der Waals surface area contributed by atoms with Gasteiger partial charge in [0.15, 0.2) is 0 Å². The molecule has 1 unspecified atom stereocenters. The quantitative estimate of drug-likeness (QED) is 0.501. The van der Waals surface area contributed by atoms with E-state index in [1.807, 2.05) is 0 Å². The van der Waals surface area contributed by atoms with Gasteiger partial charge in [-0.25, -0.2) is 13.4 Å². The molecule has 9 nitrogen and oxygen atoms in total. The van der Waals surface area contributed by atoms with Gasteiger partial charge >= 0.3 is 5.97 Å². The average molecular weight is 482 g/mol. The van der Waals surface area contributed by atoms with Gasteiger partial charge in [0.1, 0.15) is 11.8 Å². The first-order chi connectivity index (χ1) is 16.3. The van der Waals surface area contributed by atoms with Crippen molar-refractivity contribution in [3.63, 3.8) is 0 Å². The van der Waals surface area contributed by atoms with Crippen molar-refractivity contribution in [3.05, 3.63) is 83.8 Å². The molecule has 2 heterocycles. The van der Waals surface area contributed by atoms with Gasteiger partial charge in [0.25, 0.3) is 10.0 Å². The molecule has 1 aliphatic rings.